The van der Waals surface area contributed by atoms with Crippen LogP contribution in [0.5, 0.6) is 5.75 Å². The van der Waals surface area contributed by atoms with Crippen LogP contribution < -0.4 is 4.74 Å². The lowest BCUT2D eigenvalue weighted by molar-refractivity contribution is 0.0306. The fourth-order valence-corrected chi connectivity index (χ4v) is 4.66. The maximum Gasteiger partial charge on any atom is 0.122 e. The van der Waals surface area contributed by atoms with Crippen LogP contribution in [0.3, 0.4) is 0 Å². The van der Waals surface area contributed by atoms with Gasteiger partial charge in [0.1, 0.15) is 12.4 Å². The van der Waals surface area contributed by atoms with Crippen LogP contribution in [0.2, 0.25) is 0 Å². The second kappa shape index (κ2) is 17.0. The first-order valence-corrected chi connectivity index (χ1v) is 14.7. The third kappa shape index (κ3) is 10.7. The second-order valence-electron chi connectivity index (χ2n) is 10.4. The van der Waals surface area contributed by atoms with Crippen molar-refractivity contribution in [2.24, 2.45) is 0 Å². The van der Waals surface area contributed by atoms with Crippen LogP contribution in [0.15, 0.2) is 72.8 Å². The van der Waals surface area contributed by atoms with Crippen LogP contribution in [0.25, 0.3) is 11.1 Å². The van der Waals surface area contributed by atoms with E-state index in [1.54, 1.807) is 0 Å². The van der Waals surface area contributed by atoms with Crippen LogP contribution >= 0.6 is 0 Å². The summed E-state index contributed by atoms with van der Waals surface area (Å²) in [6, 6.07) is 26.5. The largest absolute Gasteiger partial charge is 0.491 e. The van der Waals surface area contributed by atoms with Gasteiger partial charge in [-0.25, -0.2) is 0 Å². The molecule has 0 aromatic heterocycles. The highest BCUT2D eigenvalue weighted by Crippen LogP contribution is 2.25. The molecule has 0 aliphatic rings. The SMILES string of the molecule is CCCCCCCCc1ccc(CCc2ccc(-c3ccccc3)cc2)c(OC[C@@H](C)OCCCC)c1. The van der Waals surface area contributed by atoms with Crippen molar-refractivity contribution in [3.8, 4) is 16.9 Å². The van der Waals surface area contributed by atoms with Crippen molar-refractivity contribution in [1.82, 2.24) is 0 Å². The average molecular weight is 501 g/mol. The Morgan fingerprint density at radius 3 is 2.05 bits per heavy atom. The molecule has 0 unspecified atom stereocenters. The Kier molecular flexibility index (Phi) is 13.3. The lowest BCUT2D eigenvalue weighted by Gasteiger charge is -2.17. The Hall–Kier alpha value is -2.58. The van der Waals surface area contributed by atoms with Gasteiger partial charge in [-0.05, 0) is 72.9 Å². The van der Waals surface area contributed by atoms with Crippen molar-refractivity contribution in [2.45, 2.75) is 97.5 Å². The predicted octanol–water partition coefficient (Wildman–Crippen LogP) is 9.63. The normalized spacial score (nSPS) is 12.0. The molecule has 37 heavy (non-hydrogen) atoms. The molecule has 0 bridgehead atoms. The lowest BCUT2D eigenvalue weighted by Crippen LogP contribution is -2.19. The highest BCUT2D eigenvalue weighted by molar-refractivity contribution is 5.63. The molecule has 2 heteroatoms. The van der Waals surface area contributed by atoms with Gasteiger partial charge in [-0.2, -0.15) is 0 Å². The van der Waals surface area contributed by atoms with Gasteiger partial charge in [0.15, 0.2) is 0 Å². The van der Waals surface area contributed by atoms with E-state index in [2.05, 4.69) is 93.6 Å². The van der Waals surface area contributed by atoms with Gasteiger partial charge >= 0.3 is 0 Å². The fraction of sp³-hybridized carbons (Fsp3) is 0.486. The van der Waals surface area contributed by atoms with Crippen molar-refractivity contribution in [1.29, 1.82) is 0 Å². The first-order valence-electron chi connectivity index (χ1n) is 14.7. The molecule has 3 aromatic rings. The van der Waals surface area contributed by atoms with Gasteiger partial charge in [-0.1, -0.05) is 119 Å². The third-order valence-electron chi connectivity index (χ3n) is 7.07. The van der Waals surface area contributed by atoms with E-state index < -0.39 is 0 Å². The number of ether oxygens (including phenoxy) is 2. The van der Waals surface area contributed by atoms with E-state index in [0.717, 1.165) is 44.5 Å². The maximum absolute atomic E-state index is 6.37. The summed E-state index contributed by atoms with van der Waals surface area (Å²) in [7, 11) is 0. The zero-order valence-electron chi connectivity index (χ0n) is 23.5. The molecule has 200 valence electrons. The molecular weight excluding hydrogens is 452 g/mol. The van der Waals surface area contributed by atoms with Crippen LogP contribution in [0, 0.1) is 0 Å². The van der Waals surface area contributed by atoms with Gasteiger partial charge in [0.05, 0.1) is 6.10 Å². The number of benzene rings is 3. The topological polar surface area (TPSA) is 18.5 Å². The van der Waals surface area contributed by atoms with Crippen LogP contribution in [-0.2, 0) is 24.0 Å². The minimum Gasteiger partial charge on any atom is -0.491 e. The molecule has 0 saturated heterocycles. The van der Waals surface area contributed by atoms with Crippen molar-refractivity contribution < 1.29 is 9.47 Å². The summed E-state index contributed by atoms with van der Waals surface area (Å²) in [4.78, 5) is 0. The second-order valence-corrected chi connectivity index (χ2v) is 10.4. The van der Waals surface area contributed by atoms with Gasteiger partial charge in [-0.3, -0.25) is 0 Å². The van der Waals surface area contributed by atoms with Crippen LogP contribution in [0.4, 0.5) is 0 Å². The molecule has 0 radical (unpaired) electrons. The highest BCUT2D eigenvalue weighted by atomic mass is 16.5. The van der Waals surface area contributed by atoms with Gasteiger partial charge < -0.3 is 9.47 Å². The smallest absolute Gasteiger partial charge is 0.122 e. The van der Waals surface area contributed by atoms with Crippen molar-refractivity contribution in [3.05, 3.63) is 89.5 Å². The Morgan fingerprint density at radius 2 is 1.30 bits per heavy atom. The monoisotopic (exact) mass is 500 g/mol. The molecule has 3 rings (SSSR count). The summed E-state index contributed by atoms with van der Waals surface area (Å²) in [6.07, 6.45) is 13.4. The molecular formula is C35H48O2. The molecule has 0 fully saturated rings. The summed E-state index contributed by atoms with van der Waals surface area (Å²) < 4.78 is 12.3. The van der Waals surface area contributed by atoms with Gasteiger partial charge in [0, 0.05) is 6.61 Å². The molecule has 1 atom stereocenters. The van der Waals surface area contributed by atoms with Gasteiger partial charge in [0.25, 0.3) is 0 Å². The number of aryl methyl sites for hydroxylation is 3. The van der Waals surface area contributed by atoms with Crippen LogP contribution in [0.1, 0.15) is 88.8 Å². The van der Waals surface area contributed by atoms with Crippen molar-refractivity contribution in [3.63, 3.8) is 0 Å². The minimum absolute atomic E-state index is 0.104. The Balaban J connectivity index is 1.60. The third-order valence-corrected chi connectivity index (χ3v) is 7.07. The summed E-state index contributed by atoms with van der Waals surface area (Å²) in [5.41, 5.74) is 6.57. The van der Waals surface area contributed by atoms with E-state index in [-0.39, 0.29) is 6.10 Å². The minimum atomic E-state index is 0.104. The summed E-state index contributed by atoms with van der Waals surface area (Å²) >= 11 is 0. The number of hydrogen-bond donors (Lipinski definition) is 0. The van der Waals surface area contributed by atoms with E-state index in [9.17, 15) is 0 Å². The highest BCUT2D eigenvalue weighted by Gasteiger charge is 2.10. The average Bonchev–Trinajstić information content (AvgIpc) is 2.94. The molecule has 0 amide bonds. The van der Waals surface area contributed by atoms with E-state index in [1.807, 2.05) is 0 Å². The zero-order chi connectivity index (χ0) is 26.1. The van der Waals surface area contributed by atoms with Crippen molar-refractivity contribution >= 4 is 0 Å². The molecule has 3 aromatic carbocycles. The summed E-state index contributed by atoms with van der Waals surface area (Å²) in [6.45, 7) is 8.00. The quantitative estimate of drug-likeness (QED) is 0.162. The molecule has 2 nitrogen and oxygen atoms in total. The molecule has 0 N–H and O–H groups in total. The van der Waals surface area contributed by atoms with Gasteiger partial charge in [0.2, 0.25) is 0 Å². The zero-order valence-corrected chi connectivity index (χ0v) is 23.5. The maximum atomic E-state index is 6.37. The molecule has 0 heterocycles. The van der Waals surface area contributed by atoms with E-state index in [0.29, 0.717) is 6.61 Å². The van der Waals surface area contributed by atoms with Gasteiger partial charge in [-0.15, -0.1) is 0 Å². The number of rotatable bonds is 18. The molecule has 0 spiro atoms. The Labute approximate surface area is 226 Å². The first-order chi connectivity index (χ1) is 18.2. The van der Waals surface area contributed by atoms with Crippen molar-refractivity contribution in [2.75, 3.05) is 13.2 Å². The molecule has 0 aliphatic heterocycles. The Morgan fingerprint density at radius 1 is 0.622 bits per heavy atom. The predicted molar refractivity (Wildman–Crippen MR) is 159 cm³/mol. The summed E-state index contributed by atoms with van der Waals surface area (Å²) in [5.74, 6) is 1.04. The fourth-order valence-electron chi connectivity index (χ4n) is 4.66. The van der Waals surface area contributed by atoms with Crippen LogP contribution in [-0.4, -0.2) is 19.3 Å². The molecule has 0 saturated carbocycles. The number of hydrogen-bond acceptors (Lipinski definition) is 2. The van der Waals surface area contributed by atoms with E-state index in [1.165, 1.54) is 66.3 Å². The standard InChI is InChI=1S/C35H48O2/c1-4-6-8-9-10-12-15-31-21-25-34(35(27-31)37-28-29(3)36-26-7-5-2)24-20-30-18-22-33(23-19-30)32-16-13-11-14-17-32/h11,13-14,16-19,21-23,25,27,29H,4-10,12,15,20,24,26,28H2,1-3H3/t29-/m1/s1. The summed E-state index contributed by atoms with van der Waals surface area (Å²) in [5, 5.41) is 0. The number of unbranched alkanes of at least 4 members (excludes halogenated alkanes) is 6. The Bertz CT molecular complexity index is 994. The molecule has 0 aliphatic carbocycles. The lowest BCUT2D eigenvalue weighted by atomic mass is 9.98. The first kappa shape index (κ1) is 29.0. The van der Waals surface area contributed by atoms with E-state index in [4.69, 9.17) is 9.47 Å². The van der Waals surface area contributed by atoms with E-state index >= 15 is 0 Å².